The lowest BCUT2D eigenvalue weighted by Crippen LogP contribution is -2.34. The molecule has 2 aromatic heterocycles. The van der Waals surface area contributed by atoms with Gasteiger partial charge < -0.3 is 19.2 Å². The molecule has 33 heavy (non-hydrogen) atoms. The van der Waals surface area contributed by atoms with Crippen LogP contribution in [0.5, 0.6) is 6.01 Å². The van der Waals surface area contributed by atoms with Gasteiger partial charge in [-0.25, -0.2) is 4.98 Å². The maximum atomic E-state index is 10.9. The smallest absolute Gasteiger partial charge is 0.296 e. The number of halogens is 1. The molecule has 4 heterocycles. The minimum Gasteiger partial charge on any atom is -0.456 e. The summed E-state index contributed by atoms with van der Waals surface area (Å²) < 4.78 is 17.3. The number of nitrogens with one attached hydrogen (secondary N) is 1. The number of fused-ring (bicyclic) bond motifs is 2. The number of hydrogen-bond donors (Lipinski definition) is 1. The molecule has 1 N–H and O–H groups in total. The molecule has 4 atom stereocenters. The van der Waals surface area contributed by atoms with Crippen LogP contribution in [-0.2, 0) is 9.47 Å². The van der Waals surface area contributed by atoms with Crippen LogP contribution in [0.3, 0.4) is 0 Å². The van der Waals surface area contributed by atoms with E-state index in [0.717, 1.165) is 16.7 Å². The number of benzene rings is 2. The Hall–Kier alpha value is -3.33. The number of rotatable bonds is 5. The van der Waals surface area contributed by atoms with Crippen LogP contribution in [0.1, 0.15) is 0 Å². The third kappa shape index (κ3) is 3.66. The number of aromatic amines is 1. The van der Waals surface area contributed by atoms with Crippen LogP contribution < -0.4 is 4.74 Å². The number of aromatic nitrogens is 3. The number of imidazole rings is 1. The van der Waals surface area contributed by atoms with Crippen LogP contribution in [-0.4, -0.2) is 52.5 Å². The largest absolute Gasteiger partial charge is 0.456 e. The van der Waals surface area contributed by atoms with E-state index in [1.165, 1.54) is 0 Å². The summed E-state index contributed by atoms with van der Waals surface area (Å²) in [5.74, 6) is 0. The molecule has 9 heteroatoms. The van der Waals surface area contributed by atoms with E-state index in [-0.39, 0.29) is 24.9 Å². The van der Waals surface area contributed by atoms with Crippen molar-refractivity contribution in [1.82, 2.24) is 15.0 Å². The van der Waals surface area contributed by atoms with Gasteiger partial charge in [0, 0.05) is 5.56 Å². The van der Waals surface area contributed by atoms with Crippen LogP contribution in [0.25, 0.3) is 33.5 Å². The summed E-state index contributed by atoms with van der Waals surface area (Å²) in [6.45, 7) is 0.536. The second-order valence-corrected chi connectivity index (χ2v) is 8.51. The van der Waals surface area contributed by atoms with Crippen LogP contribution in [0.2, 0.25) is 5.02 Å². The first-order chi connectivity index (χ1) is 16.2. The van der Waals surface area contributed by atoms with Crippen molar-refractivity contribution in [3.05, 3.63) is 70.6 Å². The normalized spacial score (nSPS) is 24.2. The fraction of sp³-hybridized carbons (Fsp3) is 0.250. The van der Waals surface area contributed by atoms with Crippen molar-refractivity contribution >= 4 is 22.8 Å². The maximum Gasteiger partial charge on any atom is 0.296 e. The van der Waals surface area contributed by atoms with Crippen molar-refractivity contribution in [3.8, 4) is 28.4 Å². The summed E-state index contributed by atoms with van der Waals surface area (Å²) in [4.78, 5) is 23.2. The molecular formula is C24H19ClN4O4. The lowest BCUT2D eigenvalue weighted by Gasteiger charge is -2.15. The van der Waals surface area contributed by atoms with Crippen molar-refractivity contribution in [2.45, 2.75) is 24.4 Å². The zero-order valence-electron chi connectivity index (χ0n) is 17.3. The number of nitroso groups, excluding NO2 is 1. The number of pyridine rings is 1. The number of nitrogens with zero attached hydrogens (tertiary/aromatic N) is 3. The molecule has 0 amide bonds. The summed E-state index contributed by atoms with van der Waals surface area (Å²) >= 11 is 6.55. The van der Waals surface area contributed by atoms with E-state index >= 15 is 0 Å². The number of ether oxygens (including phenoxy) is 3. The molecule has 4 unspecified atom stereocenters. The van der Waals surface area contributed by atoms with Gasteiger partial charge in [-0.3, -0.25) is 0 Å². The molecule has 0 saturated carbocycles. The lowest BCUT2D eigenvalue weighted by atomic mass is 10.0. The predicted molar refractivity (Wildman–Crippen MR) is 123 cm³/mol. The summed E-state index contributed by atoms with van der Waals surface area (Å²) in [6, 6.07) is 19.8. The molecule has 4 aromatic rings. The third-order valence-corrected chi connectivity index (χ3v) is 6.34. The van der Waals surface area contributed by atoms with Gasteiger partial charge in [0.15, 0.2) is 11.8 Å². The van der Waals surface area contributed by atoms with Gasteiger partial charge in [0.05, 0.1) is 29.4 Å². The van der Waals surface area contributed by atoms with Gasteiger partial charge in [0.25, 0.3) is 6.01 Å². The van der Waals surface area contributed by atoms with Crippen LogP contribution in [0.15, 0.2) is 65.8 Å². The molecule has 0 bridgehead atoms. The zero-order valence-corrected chi connectivity index (χ0v) is 18.1. The van der Waals surface area contributed by atoms with Gasteiger partial charge in [-0.1, -0.05) is 71.4 Å². The molecule has 0 radical (unpaired) electrons. The number of H-pyrrole nitrogens is 1. The fourth-order valence-corrected chi connectivity index (χ4v) is 4.64. The first-order valence-corrected chi connectivity index (χ1v) is 11.0. The highest BCUT2D eigenvalue weighted by Gasteiger charge is 2.50. The van der Waals surface area contributed by atoms with E-state index in [9.17, 15) is 4.91 Å². The van der Waals surface area contributed by atoms with Gasteiger partial charge in [-0.2, -0.15) is 9.89 Å². The maximum absolute atomic E-state index is 10.9. The highest BCUT2D eigenvalue weighted by atomic mass is 35.5. The molecule has 6 rings (SSSR count). The van der Waals surface area contributed by atoms with E-state index in [1.807, 2.05) is 42.5 Å². The summed E-state index contributed by atoms with van der Waals surface area (Å²) in [5.41, 5.74) is 4.95. The van der Waals surface area contributed by atoms with Crippen molar-refractivity contribution in [1.29, 1.82) is 0 Å². The van der Waals surface area contributed by atoms with Gasteiger partial charge in [0.1, 0.15) is 18.2 Å². The Kier molecular flexibility index (Phi) is 5.05. The molecule has 0 spiro atoms. The van der Waals surface area contributed by atoms with Gasteiger partial charge in [-0.15, -0.1) is 0 Å². The molecule has 2 aliphatic heterocycles. The van der Waals surface area contributed by atoms with Gasteiger partial charge >= 0.3 is 0 Å². The van der Waals surface area contributed by atoms with E-state index < -0.39 is 6.04 Å². The molecule has 2 saturated heterocycles. The Morgan fingerprint density at radius 3 is 2.45 bits per heavy atom. The average molecular weight is 463 g/mol. The van der Waals surface area contributed by atoms with E-state index in [4.69, 9.17) is 25.8 Å². The third-order valence-electron chi connectivity index (χ3n) is 6.05. The molecule has 2 aliphatic rings. The van der Waals surface area contributed by atoms with Gasteiger partial charge in [0.2, 0.25) is 0 Å². The van der Waals surface area contributed by atoms with Crippen LogP contribution in [0.4, 0.5) is 0 Å². The molecule has 2 aromatic carbocycles. The topological polar surface area (TPSA) is 98.7 Å². The molecule has 2 fully saturated rings. The van der Waals surface area contributed by atoms with Crippen molar-refractivity contribution in [2.75, 3.05) is 13.2 Å². The highest BCUT2D eigenvalue weighted by molar-refractivity contribution is 6.33. The standard InChI is InChI=1S/C24H19ClN4O4/c25-16-10-17-23(27-20(16)15-8-6-14(7-9-15)13-4-2-1-3-5-13)28-24(26-17)33-19-12-32-21-18(29-30)11-31-22(19)21/h1-10,18-19,21-22H,11-12H2,(H,26,27,28). The molecule has 166 valence electrons. The Bertz CT molecular complexity index is 1310. The van der Waals surface area contributed by atoms with Crippen molar-refractivity contribution < 1.29 is 14.2 Å². The second kappa shape index (κ2) is 8.22. The van der Waals surface area contributed by atoms with E-state index in [2.05, 4.69) is 32.3 Å². The van der Waals surface area contributed by atoms with Crippen LogP contribution >= 0.6 is 11.6 Å². The monoisotopic (exact) mass is 462 g/mol. The Morgan fingerprint density at radius 2 is 1.67 bits per heavy atom. The molecule has 8 nitrogen and oxygen atoms in total. The first-order valence-electron chi connectivity index (χ1n) is 10.6. The quantitative estimate of drug-likeness (QED) is 0.434. The zero-order chi connectivity index (χ0) is 22.4. The Morgan fingerprint density at radius 1 is 0.939 bits per heavy atom. The minimum absolute atomic E-state index is 0.239. The molecule has 0 aliphatic carbocycles. The van der Waals surface area contributed by atoms with Crippen molar-refractivity contribution in [3.63, 3.8) is 0 Å². The number of hydrogen-bond acceptors (Lipinski definition) is 7. The highest BCUT2D eigenvalue weighted by Crippen LogP contribution is 2.33. The lowest BCUT2D eigenvalue weighted by molar-refractivity contribution is 0.0270. The SMILES string of the molecule is O=NC1COC2C(Oc3nc4nc(-c5ccc(-c6ccccc6)cc5)c(Cl)cc4[nH]3)COC12. The average Bonchev–Trinajstić information content (AvgIpc) is 3.55. The first kappa shape index (κ1) is 20.3. The van der Waals surface area contributed by atoms with Crippen LogP contribution in [0, 0.1) is 4.91 Å². The van der Waals surface area contributed by atoms with E-state index in [0.29, 0.717) is 34.5 Å². The van der Waals surface area contributed by atoms with Gasteiger partial charge in [-0.05, 0) is 17.2 Å². The summed E-state index contributed by atoms with van der Waals surface area (Å²) in [5, 5.41) is 3.58. The molecular weight excluding hydrogens is 444 g/mol. The Labute approximate surface area is 193 Å². The minimum atomic E-state index is -0.504. The summed E-state index contributed by atoms with van der Waals surface area (Å²) in [6.07, 6.45) is -1.12. The predicted octanol–water partition coefficient (Wildman–Crippen LogP) is 4.63. The fourth-order valence-electron chi connectivity index (χ4n) is 4.38. The Balaban J connectivity index is 1.25. The van der Waals surface area contributed by atoms with E-state index in [1.54, 1.807) is 6.07 Å². The van der Waals surface area contributed by atoms with Crippen molar-refractivity contribution in [2.24, 2.45) is 5.18 Å². The second-order valence-electron chi connectivity index (χ2n) is 8.10. The summed E-state index contributed by atoms with van der Waals surface area (Å²) in [7, 11) is 0.